The van der Waals surface area contributed by atoms with Crippen molar-refractivity contribution >= 4 is 18.3 Å². The highest BCUT2D eigenvalue weighted by Crippen LogP contribution is 2.16. The Labute approximate surface area is 108 Å². The highest BCUT2D eigenvalue weighted by Gasteiger charge is 2.25. The molecule has 0 aromatic heterocycles. The zero-order chi connectivity index (χ0) is 11.5. The molecule has 1 aliphatic heterocycles. The summed E-state index contributed by atoms with van der Waals surface area (Å²) in [5.41, 5.74) is 7.77. The molecular weight excluding hydrogens is 236 g/mol. The molecule has 0 radical (unpaired) electrons. The molecule has 1 aromatic carbocycles. The molecule has 0 saturated carbocycles. The minimum Gasteiger partial charge on any atom is -0.337 e. The van der Waals surface area contributed by atoms with Crippen LogP contribution < -0.4 is 5.73 Å². The average molecular weight is 255 g/mol. The summed E-state index contributed by atoms with van der Waals surface area (Å²) < 4.78 is 0. The summed E-state index contributed by atoms with van der Waals surface area (Å²) in [6.07, 6.45) is 1.81. The van der Waals surface area contributed by atoms with Crippen LogP contribution in [0.4, 0.5) is 0 Å². The summed E-state index contributed by atoms with van der Waals surface area (Å²) in [6, 6.07) is 7.97. The van der Waals surface area contributed by atoms with Crippen molar-refractivity contribution in [3.63, 3.8) is 0 Å². The van der Waals surface area contributed by atoms with Gasteiger partial charge in [0.15, 0.2) is 0 Å². The second-order valence-electron chi connectivity index (χ2n) is 4.31. The molecule has 94 valence electrons. The molecule has 0 unspecified atom stereocenters. The Morgan fingerprint density at radius 3 is 2.76 bits per heavy atom. The molecule has 2 N–H and O–H groups in total. The van der Waals surface area contributed by atoms with E-state index in [1.807, 2.05) is 29.2 Å². The molecule has 2 rings (SSSR count). The summed E-state index contributed by atoms with van der Waals surface area (Å²) in [7, 11) is 0. The quantitative estimate of drug-likeness (QED) is 0.876. The Kier molecular flexibility index (Phi) is 4.97. The number of amides is 1. The first kappa shape index (κ1) is 14.0. The molecule has 1 saturated heterocycles. The lowest BCUT2D eigenvalue weighted by atomic mass is 10.0. The van der Waals surface area contributed by atoms with Crippen molar-refractivity contribution in [3.8, 4) is 0 Å². The first-order valence-corrected chi connectivity index (χ1v) is 5.85. The fraction of sp³-hybridized carbons (Fsp3) is 0.462. The molecule has 0 bridgehead atoms. The van der Waals surface area contributed by atoms with E-state index in [0.29, 0.717) is 6.54 Å². The van der Waals surface area contributed by atoms with Gasteiger partial charge < -0.3 is 10.6 Å². The largest absolute Gasteiger partial charge is 0.337 e. The lowest BCUT2D eigenvalue weighted by Crippen LogP contribution is -2.32. The van der Waals surface area contributed by atoms with Gasteiger partial charge in [-0.3, -0.25) is 4.79 Å². The molecule has 1 atom stereocenters. The van der Waals surface area contributed by atoms with Crippen molar-refractivity contribution in [1.29, 1.82) is 0 Å². The Morgan fingerprint density at radius 1 is 1.47 bits per heavy atom. The zero-order valence-electron chi connectivity index (χ0n) is 10.1. The third-order valence-corrected chi connectivity index (χ3v) is 3.14. The maximum absolute atomic E-state index is 12.2. The van der Waals surface area contributed by atoms with Crippen LogP contribution in [0.3, 0.4) is 0 Å². The summed E-state index contributed by atoms with van der Waals surface area (Å²) in [5.74, 6) is 0.130. The van der Waals surface area contributed by atoms with Gasteiger partial charge in [-0.05, 0) is 24.5 Å². The van der Waals surface area contributed by atoms with Crippen molar-refractivity contribution in [1.82, 2.24) is 4.90 Å². The van der Waals surface area contributed by atoms with Crippen LogP contribution in [0.5, 0.6) is 0 Å². The van der Waals surface area contributed by atoms with Gasteiger partial charge in [-0.25, -0.2) is 0 Å². The normalized spacial score (nSPS) is 18.9. The number of nitrogens with zero attached hydrogens (tertiary/aromatic N) is 1. The predicted octanol–water partition coefficient (Wildman–Crippen LogP) is 1.84. The van der Waals surface area contributed by atoms with Gasteiger partial charge in [-0.2, -0.15) is 0 Å². The number of carbonyl (C=O) groups excluding carboxylic acids is 1. The third-order valence-electron chi connectivity index (χ3n) is 3.14. The molecule has 4 heteroatoms. The molecule has 1 fully saturated rings. The lowest BCUT2D eigenvalue weighted by Gasteiger charge is -2.17. The topological polar surface area (TPSA) is 46.3 Å². The molecule has 1 aliphatic rings. The summed E-state index contributed by atoms with van der Waals surface area (Å²) in [4.78, 5) is 14.1. The van der Waals surface area contributed by atoms with E-state index in [9.17, 15) is 4.79 Å². The highest BCUT2D eigenvalue weighted by molar-refractivity contribution is 5.95. The maximum atomic E-state index is 12.2. The van der Waals surface area contributed by atoms with E-state index < -0.39 is 0 Å². The number of benzene rings is 1. The lowest BCUT2D eigenvalue weighted by molar-refractivity contribution is 0.0790. The minimum absolute atomic E-state index is 0. The second-order valence-corrected chi connectivity index (χ2v) is 4.31. The monoisotopic (exact) mass is 254 g/mol. The molecule has 3 nitrogen and oxygen atoms in total. The van der Waals surface area contributed by atoms with Crippen molar-refractivity contribution in [2.24, 2.45) is 5.73 Å². The van der Waals surface area contributed by atoms with E-state index in [4.69, 9.17) is 5.73 Å². The van der Waals surface area contributed by atoms with Gasteiger partial charge in [0, 0.05) is 24.7 Å². The number of rotatable bonds is 2. The molecule has 0 spiro atoms. The van der Waals surface area contributed by atoms with E-state index >= 15 is 0 Å². The van der Waals surface area contributed by atoms with E-state index in [-0.39, 0.29) is 24.4 Å². The van der Waals surface area contributed by atoms with Gasteiger partial charge in [0.25, 0.3) is 5.91 Å². The minimum atomic E-state index is 0. The van der Waals surface area contributed by atoms with Gasteiger partial charge in [0.1, 0.15) is 0 Å². The highest BCUT2D eigenvalue weighted by atomic mass is 35.5. The smallest absolute Gasteiger partial charge is 0.254 e. The standard InChI is InChI=1S/C13H18N2O.ClH/c1-2-10-5-3-4-6-12(10)13(16)15-8-7-11(14)9-15;/h3-6,11H,2,7-9,14H2,1H3;1H/t11-;/m1./s1. The van der Waals surface area contributed by atoms with Crippen molar-refractivity contribution in [2.45, 2.75) is 25.8 Å². The van der Waals surface area contributed by atoms with Gasteiger partial charge in [0.2, 0.25) is 0 Å². The molecule has 1 aromatic rings. The first-order valence-electron chi connectivity index (χ1n) is 5.85. The molecule has 1 amide bonds. The van der Waals surface area contributed by atoms with Gasteiger partial charge in [0.05, 0.1) is 0 Å². The Balaban J connectivity index is 0.00000144. The van der Waals surface area contributed by atoms with Crippen LogP contribution in [0.1, 0.15) is 29.3 Å². The van der Waals surface area contributed by atoms with Crippen LogP contribution in [-0.2, 0) is 6.42 Å². The van der Waals surface area contributed by atoms with Crippen LogP contribution in [0.25, 0.3) is 0 Å². The molecule has 17 heavy (non-hydrogen) atoms. The van der Waals surface area contributed by atoms with E-state index in [1.54, 1.807) is 0 Å². The van der Waals surface area contributed by atoms with Gasteiger partial charge in [-0.15, -0.1) is 12.4 Å². The molecule has 1 heterocycles. The number of halogens is 1. The second kappa shape index (κ2) is 6.03. The van der Waals surface area contributed by atoms with E-state index in [2.05, 4.69) is 6.92 Å². The number of hydrogen-bond donors (Lipinski definition) is 1. The SMILES string of the molecule is CCc1ccccc1C(=O)N1CC[C@@H](N)C1.Cl. The number of nitrogens with two attached hydrogens (primary N) is 1. The fourth-order valence-corrected chi connectivity index (χ4v) is 2.18. The number of aryl methyl sites for hydroxylation is 1. The summed E-state index contributed by atoms with van der Waals surface area (Å²) in [6.45, 7) is 3.55. The first-order chi connectivity index (χ1) is 7.72. The van der Waals surface area contributed by atoms with E-state index in [0.717, 1.165) is 30.5 Å². The van der Waals surface area contributed by atoms with Crippen LogP contribution in [0, 0.1) is 0 Å². The third kappa shape index (κ3) is 2.99. The Bertz CT molecular complexity index is 395. The van der Waals surface area contributed by atoms with Crippen LogP contribution in [-0.4, -0.2) is 29.9 Å². The average Bonchev–Trinajstić information content (AvgIpc) is 2.75. The summed E-state index contributed by atoms with van der Waals surface area (Å²) in [5, 5.41) is 0. The number of likely N-dealkylation sites (tertiary alicyclic amines) is 1. The number of hydrogen-bond acceptors (Lipinski definition) is 2. The van der Waals surface area contributed by atoms with Crippen molar-refractivity contribution < 1.29 is 4.79 Å². The Morgan fingerprint density at radius 2 is 2.18 bits per heavy atom. The Hall–Kier alpha value is -1.06. The van der Waals surface area contributed by atoms with Crippen molar-refractivity contribution in [2.75, 3.05) is 13.1 Å². The van der Waals surface area contributed by atoms with Gasteiger partial charge in [-0.1, -0.05) is 25.1 Å². The fourth-order valence-electron chi connectivity index (χ4n) is 2.18. The molecule has 0 aliphatic carbocycles. The molecular formula is C13H19ClN2O. The van der Waals surface area contributed by atoms with Gasteiger partial charge >= 0.3 is 0 Å². The predicted molar refractivity (Wildman–Crippen MR) is 71.6 cm³/mol. The maximum Gasteiger partial charge on any atom is 0.254 e. The summed E-state index contributed by atoms with van der Waals surface area (Å²) >= 11 is 0. The van der Waals surface area contributed by atoms with Crippen molar-refractivity contribution in [3.05, 3.63) is 35.4 Å². The van der Waals surface area contributed by atoms with Crippen LogP contribution >= 0.6 is 12.4 Å². The van der Waals surface area contributed by atoms with E-state index in [1.165, 1.54) is 0 Å². The number of carbonyl (C=O) groups is 1. The van der Waals surface area contributed by atoms with Crippen LogP contribution in [0.2, 0.25) is 0 Å². The van der Waals surface area contributed by atoms with Crippen LogP contribution in [0.15, 0.2) is 24.3 Å². The zero-order valence-corrected chi connectivity index (χ0v) is 10.9.